The molecule has 6 heteroatoms. The van der Waals surface area contributed by atoms with E-state index in [-0.39, 0.29) is 44.2 Å². The van der Waals surface area contributed by atoms with Gasteiger partial charge in [0.2, 0.25) is 0 Å². The number of phenolic OH excluding ortho intramolecular Hbond substituents is 2. The zero-order chi connectivity index (χ0) is 14.0. The second kappa shape index (κ2) is 3.30. The lowest BCUT2D eigenvalue weighted by Gasteiger charge is -2.08. The standard InChI is InChI=1S/C14H6O6/c15-6-3-4-8-11-9-5(13(17)19-8)1-2-7(16)12(9)20-14(18)10(6)11/h1-4,15-16H. The summed E-state index contributed by atoms with van der Waals surface area (Å²) in [6, 6.07) is 5.27. The van der Waals surface area contributed by atoms with E-state index < -0.39 is 11.3 Å². The Morgan fingerprint density at radius 1 is 0.750 bits per heavy atom. The van der Waals surface area contributed by atoms with Crippen LogP contribution in [0.2, 0.25) is 0 Å². The first-order valence-electron chi connectivity index (χ1n) is 5.74. The van der Waals surface area contributed by atoms with Crippen molar-refractivity contribution in [2.45, 2.75) is 0 Å². The highest BCUT2D eigenvalue weighted by Crippen LogP contribution is 2.37. The summed E-state index contributed by atoms with van der Waals surface area (Å²) in [5.41, 5.74) is -1.36. The molecular formula is C14H6O6. The van der Waals surface area contributed by atoms with Crippen LogP contribution >= 0.6 is 0 Å². The first-order valence-corrected chi connectivity index (χ1v) is 5.74. The Morgan fingerprint density at radius 3 is 2.30 bits per heavy atom. The molecule has 98 valence electrons. The quantitative estimate of drug-likeness (QED) is 0.374. The third-order valence-electron chi connectivity index (χ3n) is 3.35. The number of aromatic hydroxyl groups is 2. The van der Waals surface area contributed by atoms with Gasteiger partial charge >= 0.3 is 11.3 Å². The summed E-state index contributed by atoms with van der Waals surface area (Å²) in [6.07, 6.45) is 0. The van der Waals surface area contributed by atoms with E-state index in [9.17, 15) is 19.8 Å². The van der Waals surface area contributed by atoms with Crippen LogP contribution in [0.5, 0.6) is 11.5 Å². The van der Waals surface area contributed by atoms with Gasteiger partial charge in [-0.3, -0.25) is 0 Å². The van der Waals surface area contributed by atoms with Crippen molar-refractivity contribution in [1.29, 1.82) is 0 Å². The van der Waals surface area contributed by atoms with E-state index in [1.807, 2.05) is 0 Å². The summed E-state index contributed by atoms with van der Waals surface area (Å²) in [7, 11) is 0. The van der Waals surface area contributed by atoms with Crippen molar-refractivity contribution in [3.63, 3.8) is 0 Å². The summed E-state index contributed by atoms with van der Waals surface area (Å²) in [6.45, 7) is 0. The first-order chi connectivity index (χ1) is 9.58. The molecule has 2 aromatic carbocycles. The van der Waals surface area contributed by atoms with E-state index in [0.717, 1.165) is 0 Å². The molecule has 4 aromatic rings. The summed E-state index contributed by atoms with van der Waals surface area (Å²) < 4.78 is 10.2. The zero-order valence-corrected chi connectivity index (χ0v) is 9.84. The van der Waals surface area contributed by atoms with Gasteiger partial charge in [0, 0.05) is 10.8 Å². The summed E-state index contributed by atoms with van der Waals surface area (Å²) in [4.78, 5) is 23.9. The molecule has 2 aromatic heterocycles. The second-order valence-corrected chi connectivity index (χ2v) is 4.45. The van der Waals surface area contributed by atoms with Crippen molar-refractivity contribution in [1.82, 2.24) is 0 Å². The third kappa shape index (κ3) is 1.13. The molecule has 0 radical (unpaired) electrons. The number of hydrogen-bond donors (Lipinski definition) is 2. The van der Waals surface area contributed by atoms with Crippen LogP contribution in [0.3, 0.4) is 0 Å². The molecule has 4 rings (SSSR count). The van der Waals surface area contributed by atoms with Crippen LogP contribution in [0.1, 0.15) is 0 Å². The van der Waals surface area contributed by atoms with Crippen LogP contribution in [0, 0.1) is 0 Å². The predicted octanol–water partition coefficient (Wildman–Crippen LogP) is 1.90. The molecular weight excluding hydrogens is 264 g/mol. The molecule has 6 nitrogen and oxygen atoms in total. The lowest BCUT2D eigenvalue weighted by molar-refractivity contribution is 0.455. The zero-order valence-electron chi connectivity index (χ0n) is 9.84. The molecule has 0 amide bonds. The van der Waals surface area contributed by atoms with E-state index in [0.29, 0.717) is 0 Å². The molecule has 0 aliphatic carbocycles. The topological polar surface area (TPSA) is 101 Å². The summed E-state index contributed by atoms with van der Waals surface area (Å²) >= 11 is 0. The normalized spacial score (nSPS) is 11.8. The monoisotopic (exact) mass is 270 g/mol. The number of hydrogen-bond acceptors (Lipinski definition) is 6. The highest BCUT2D eigenvalue weighted by molar-refractivity contribution is 6.21. The Balaban J connectivity index is 2.58. The molecule has 2 N–H and O–H groups in total. The van der Waals surface area contributed by atoms with E-state index in [1.165, 1.54) is 24.3 Å². The van der Waals surface area contributed by atoms with Gasteiger partial charge in [-0.25, -0.2) is 9.59 Å². The fourth-order valence-electron chi connectivity index (χ4n) is 2.50. The van der Waals surface area contributed by atoms with Gasteiger partial charge < -0.3 is 19.0 Å². The van der Waals surface area contributed by atoms with Gasteiger partial charge in [0.05, 0.1) is 5.39 Å². The number of benzene rings is 2. The van der Waals surface area contributed by atoms with Crippen LogP contribution in [0.25, 0.3) is 32.7 Å². The van der Waals surface area contributed by atoms with Crippen LogP contribution in [-0.4, -0.2) is 10.2 Å². The van der Waals surface area contributed by atoms with Crippen molar-refractivity contribution in [3.05, 3.63) is 45.1 Å². The SMILES string of the molecule is O=c1oc2ccc(O)c3c(=O)oc4c(O)ccc1c4c23. The van der Waals surface area contributed by atoms with Crippen molar-refractivity contribution in [2.24, 2.45) is 0 Å². The smallest absolute Gasteiger partial charge is 0.348 e. The van der Waals surface area contributed by atoms with Crippen molar-refractivity contribution in [3.8, 4) is 11.5 Å². The van der Waals surface area contributed by atoms with Crippen LogP contribution < -0.4 is 11.3 Å². The first kappa shape index (κ1) is 10.9. The summed E-state index contributed by atoms with van der Waals surface area (Å²) in [5, 5.41) is 20.3. The Kier molecular flexibility index (Phi) is 1.79. The minimum Gasteiger partial charge on any atom is -0.507 e. The molecule has 0 saturated carbocycles. The molecule has 0 atom stereocenters. The van der Waals surface area contributed by atoms with Gasteiger partial charge in [0.25, 0.3) is 0 Å². The van der Waals surface area contributed by atoms with Crippen molar-refractivity contribution >= 4 is 32.7 Å². The van der Waals surface area contributed by atoms with E-state index in [4.69, 9.17) is 8.83 Å². The largest absolute Gasteiger partial charge is 0.507 e. The molecule has 0 saturated heterocycles. The molecule has 0 bridgehead atoms. The number of phenols is 2. The van der Waals surface area contributed by atoms with Gasteiger partial charge in [-0.2, -0.15) is 0 Å². The van der Waals surface area contributed by atoms with E-state index in [1.54, 1.807) is 0 Å². The molecule has 0 fully saturated rings. The second-order valence-electron chi connectivity index (χ2n) is 4.45. The molecule has 0 spiro atoms. The van der Waals surface area contributed by atoms with Gasteiger partial charge in [-0.1, -0.05) is 0 Å². The molecule has 0 aliphatic heterocycles. The van der Waals surface area contributed by atoms with Crippen LogP contribution in [-0.2, 0) is 0 Å². The van der Waals surface area contributed by atoms with Crippen LogP contribution in [0.15, 0.2) is 42.7 Å². The Labute approximate surface area is 109 Å². The highest BCUT2D eigenvalue weighted by atomic mass is 16.4. The Bertz CT molecular complexity index is 1100. The van der Waals surface area contributed by atoms with Gasteiger partial charge in [0.15, 0.2) is 11.3 Å². The van der Waals surface area contributed by atoms with Gasteiger partial charge in [-0.15, -0.1) is 0 Å². The van der Waals surface area contributed by atoms with Gasteiger partial charge in [0.1, 0.15) is 16.7 Å². The molecule has 0 aliphatic rings. The molecule has 20 heavy (non-hydrogen) atoms. The lowest BCUT2D eigenvalue weighted by Crippen LogP contribution is -2.06. The number of rotatable bonds is 0. The third-order valence-corrected chi connectivity index (χ3v) is 3.35. The fraction of sp³-hybridized carbons (Fsp3) is 0. The van der Waals surface area contributed by atoms with Crippen LogP contribution in [0.4, 0.5) is 0 Å². The maximum absolute atomic E-state index is 12.0. The Morgan fingerprint density at radius 2 is 1.50 bits per heavy atom. The lowest BCUT2D eigenvalue weighted by atomic mass is 10.0. The highest BCUT2D eigenvalue weighted by Gasteiger charge is 2.20. The van der Waals surface area contributed by atoms with E-state index in [2.05, 4.69) is 0 Å². The molecule has 2 heterocycles. The Hall–Kier alpha value is -3.02. The maximum atomic E-state index is 12.0. The molecule has 0 unspecified atom stereocenters. The summed E-state index contributed by atoms with van der Waals surface area (Å²) in [5.74, 6) is -0.529. The van der Waals surface area contributed by atoms with Crippen molar-refractivity contribution < 1.29 is 19.0 Å². The van der Waals surface area contributed by atoms with E-state index >= 15 is 0 Å². The minimum atomic E-state index is -0.808. The average molecular weight is 270 g/mol. The maximum Gasteiger partial charge on any atom is 0.348 e. The fourth-order valence-corrected chi connectivity index (χ4v) is 2.50. The minimum absolute atomic E-state index is 0.0747. The predicted molar refractivity (Wildman–Crippen MR) is 70.5 cm³/mol. The average Bonchev–Trinajstić information content (AvgIpc) is 2.42. The van der Waals surface area contributed by atoms with Gasteiger partial charge in [-0.05, 0) is 24.3 Å². The van der Waals surface area contributed by atoms with Crippen molar-refractivity contribution in [2.75, 3.05) is 0 Å².